The standard InChI is InChI=1S/C58H41N/c1-4-16-42(17-5-1)48-25-13-28-55(40-48)59(56-29-14-26-49(41-56)47-24-12-27-50(36-47)58-31-15-23-46-22-10-11-30-57(46)58)54-34-32-45(33-35-54)53-38-51(43-18-6-2-7-19-43)37-52(39-53)44-20-8-3-9-21-44/h1-41H. The summed E-state index contributed by atoms with van der Waals surface area (Å²) in [6.45, 7) is 0. The smallest absolute Gasteiger partial charge is 0.0467 e. The fourth-order valence-corrected chi connectivity index (χ4v) is 8.26. The zero-order chi connectivity index (χ0) is 39.4. The van der Waals surface area contributed by atoms with Gasteiger partial charge in [-0.15, -0.1) is 0 Å². The van der Waals surface area contributed by atoms with E-state index in [2.05, 4.69) is 254 Å². The van der Waals surface area contributed by atoms with Crippen LogP contribution < -0.4 is 4.90 Å². The fraction of sp³-hybridized carbons (Fsp3) is 0. The van der Waals surface area contributed by atoms with Gasteiger partial charge in [0.2, 0.25) is 0 Å². The van der Waals surface area contributed by atoms with E-state index in [0.29, 0.717) is 0 Å². The van der Waals surface area contributed by atoms with Crippen LogP contribution in [0.2, 0.25) is 0 Å². The van der Waals surface area contributed by atoms with Crippen LogP contribution in [0.3, 0.4) is 0 Å². The summed E-state index contributed by atoms with van der Waals surface area (Å²) in [5.41, 5.74) is 17.6. The van der Waals surface area contributed by atoms with Gasteiger partial charge >= 0.3 is 0 Å². The van der Waals surface area contributed by atoms with Crippen molar-refractivity contribution in [2.24, 2.45) is 0 Å². The second-order valence-electron chi connectivity index (χ2n) is 15.0. The Morgan fingerprint density at radius 3 is 1.15 bits per heavy atom. The third kappa shape index (κ3) is 7.46. The van der Waals surface area contributed by atoms with Crippen molar-refractivity contribution in [2.75, 3.05) is 4.90 Å². The topological polar surface area (TPSA) is 3.24 Å². The predicted octanol–water partition coefficient (Wildman–Crippen LogP) is 16.3. The van der Waals surface area contributed by atoms with Crippen LogP contribution in [-0.4, -0.2) is 0 Å². The molecule has 0 bridgehead atoms. The van der Waals surface area contributed by atoms with Crippen LogP contribution >= 0.6 is 0 Å². The highest BCUT2D eigenvalue weighted by Crippen LogP contribution is 2.41. The molecule has 0 aliphatic carbocycles. The first-order chi connectivity index (χ1) is 29.2. The van der Waals surface area contributed by atoms with Gasteiger partial charge in [-0.3, -0.25) is 0 Å². The van der Waals surface area contributed by atoms with Gasteiger partial charge in [0.15, 0.2) is 0 Å². The van der Waals surface area contributed by atoms with Crippen molar-refractivity contribution in [3.05, 3.63) is 249 Å². The third-order valence-electron chi connectivity index (χ3n) is 11.2. The highest BCUT2D eigenvalue weighted by Gasteiger charge is 2.16. The molecular formula is C58H41N. The first kappa shape index (κ1) is 35.7. The average Bonchev–Trinajstić information content (AvgIpc) is 3.32. The van der Waals surface area contributed by atoms with Crippen molar-refractivity contribution in [1.29, 1.82) is 0 Å². The van der Waals surface area contributed by atoms with E-state index < -0.39 is 0 Å². The average molecular weight is 752 g/mol. The molecule has 0 aromatic heterocycles. The quantitative estimate of drug-likeness (QED) is 0.142. The second kappa shape index (κ2) is 16.0. The van der Waals surface area contributed by atoms with Gasteiger partial charge in [-0.2, -0.15) is 0 Å². The van der Waals surface area contributed by atoms with Crippen molar-refractivity contribution in [3.63, 3.8) is 0 Å². The Hall–Kier alpha value is -7.74. The summed E-state index contributed by atoms with van der Waals surface area (Å²) in [5.74, 6) is 0. The molecule has 59 heavy (non-hydrogen) atoms. The molecule has 0 fully saturated rings. The first-order valence-corrected chi connectivity index (χ1v) is 20.2. The number of benzene rings is 10. The van der Waals surface area contributed by atoms with Gasteiger partial charge in [0.1, 0.15) is 0 Å². The van der Waals surface area contributed by atoms with E-state index in [0.717, 1.165) is 22.6 Å². The van der Waals surface area contributed by atoms with Gasteiger partial charge in [0, 0.05) is 17.1 Å². The Morgan fingerprint density at radius 2 is 0.576 bits per heavy atom. The molecule has 0 heterocycles. The lowest BCUT2D eigenvalue weighted by atomic mass is 9.93. The molecule has 0 amide bonds. The van der Waals surface area contributed by atoms with Gasteiger partial charge in [-0.05, 0) is 138 Å². The molecule has 0 N–H and O–H groups in total. The summed E-state index contributed by atoms with van der Waals surface area (Å²) >= 11 is 0. The Bertz CT molecular complexity index is 2960. The van der Waals surface area contributed by atoms with Gasteiger partial charge in [-0.25, -0.2) is 0 Å². The van der Waals surface area contributed by atoms with E-state index in [1.54, 1.807) is 0 Å². The van der Waals surface area contributed by atoms with E-state index in [9.17, 15) is 0 Å². The minimum Gasteiger partial charge on any atom is -0.310 e. The Morgan fingerprint density at radius 1 is 0.203 bits per heavy atom. The molecule has 0 atom stereocenters. The van der Waals surface area contributed by atoms with Crippen molar-refractivity contribution in [2.45, 2.75) is 0 Å². The zero-order valence-corrected chi connectivity index (χ0v) is 32.6. The monoisotopic (exact) mass is 751 g/mol. The number of anilines is 3. The highest BCUT2D eigenvalue weighted by atomic mass is 15.1. The van der Waals surface area contributed by atoms with Crippen molar-refractivity contribution in [1.82, 2.24) is 0 Å². The summed E-state index contributed by atoms with van der Waals surface area (Å²) in [6.07, 6.45) is 0. The summed E-state index contributed by atoms with van der Waals surface area (Å²) in [6, 6.07) is 89.9. The van der Waals surface area contributed by atoms with Crippen LogP contribution in [-0.2, 0) is 0 Å². The van der Waals surface area contributed by atoms with Crippen LogP contribution in [0.1, 0.15) is 0 Å². The van der Waals surface area contributed by atoms with Gasteiger partial charge in [0.05, 0.1) is 0 Å². The molecule has 10 aromatic rings. The maximum Gasteiger partial charge on any atom is 0.0467 e. The summed E-state index contributed by atoms with van der Waals surface area (Å²) in [5, 5.41) is 2.51. The Kier molecular flexibility index (Phi) is 9.68. The molecule has 0 saturated heterocycles. The van der Waals surface area contributed by atoms with Crippen LogP contribution in [0, 0.1) is 0 Å². The molecule has 10 aromatic carbocycles. The highest BCUT2D eigenvalue weighted by molar-refractivity contribution is 5.97. The maximum atomic E-state index is 2.38. The number of hydrogen-bond acceptors (Lipinski definition) is 1. The Labute approximate surface area is 346 Å². The second-order valence-corrected chi connectivity index (χ2v) is 15.0. The van der Waals surface area contributed by atoms with Gasteiger partial charge < -0.3 is 4.90 Å². The lowest BCUT2D eigenvalue weighted by molar-refractivity contribution is 1.28. The van der Waals surface area contributed by atoms with E-state index in [4.69, 9.17) is 0 Å². The summed E-state index contributed by atoms with van der Waals surface area (Å²) in [4.78, 5) is 2.38. The molecule has 278 valence electrons. The third-order valence-corrected chi connectivity index (χ3v) is 11.2. The fourth-order valence-electron chi connectivity index (χ4n) is 8.26. The minimum absolute atomic E-state index is 1.09. The van der Waals surface area contributed by atoms with E-state index in [1.165, 1.54) is 72.0 Å². The molecule has 1 nitrogen and oxygen atoms in total. The largest absolute Gasteiger partial charge is 0.310 e. The molecular weight excluding hydrogens is 711 g/mol. The van der Waals surface area contributed by atoms with Crippen LogP contribution in [0.5, 0.6) is 0 Å². The molecule has 10 rings (SSSR count). The SMILES string of the molecule is c1ccc(-c2cc(-c3ccccc3)cc(-c3ccc(N(c4cccc(-c5ccccc5)c4)c4cccc(-c5cccc(-c6cccc7ccccc67)c5)c4)cc3)c2)cc1. The van der Waals surface area contributed by atoms with Crippen LogP contribution in [0.25, 0.3) is 77.5 Å². The number of fused-ring (bicyclic) bond motifs is 1. The first-order valence-electron chi connectivity index (χ1n) is 20.2. The molecule has 0 unspecified atom stereocenters. The number of hydrogen-bond donors (Lipinski definition) is 0. The zero-order valence-electron chi connectivity index (χ0n) is 32.6. The van der Waals surface area contributed by atoms with Crippen molar-refractivity contribution in [3.8, 4) is 66.8 Å². The molecule has 0 spiro atoms. The predicted molar refractivity (Wildman–Crippen MR) is 251 cm³/mol. The van der Waals surface area contributed by atoms with Crippen LogP contribution in [0.4, 0.5) is 17.1 Å². The van der Waals surface area contributed by atoms with Gasteiger partial charge in [0.25, 0.3) is 0 Å². The molecule has 0 radical (unpaired) electrons. The lowest BCUT2D eigenvalue weighted by Gasteiger charge is -2.27. The molecule has 1 heteroatoms. The summed E-state index contributed by atoms with van der Waals surface area (Å²) in [7, 11) is 0. The normalized spacial score (nSPS) is 11.1. The number of rotatable bonds is 9. The molecule has 0 saturated carbocycles. The molecule has 0 aliphatic rings. The van der Waals surface area contributed by atoms with Crippen molar-refractivity contribution < 1.29 is 0 Å². The lowest BCUT2D eigenvalue weighted by Crippen LogP contribution is -2.10. The van der Waals surface area contributed by atoms with E-state index in [-0.39, 0.29) is 0 Å². The van der Waals surface area contributed by atoms with Crippen LogP contribution in [0.15, 0.2) is 249 Å². The maximum absolute atomic E-state index is 2.38. The molecule has 0 aliphatic heterocycles. The van der Waals surface area contributed by atoms with Crippen molar-refractivity contribution >= 4 is 27.8 Å². The van der Waals surface area contributed by atoms with E-state index >= 15 is 0 Å². The minimum atomic E-state index is 1.09. The van der Waals surface area contributed by atoms with Gasteiger partial charge in [-0.1, -0.05) is 188 Å². The summed E-state index contributed by atoms with van der Waals surface area (Å²) < 4.78 is 0. The van der Waals surface area contributed by atoms with E-state index in [1.807, 2.05) is 0 Å². The Balaban J connectivity index is 1.07. The number of nitrogens with zero attached hydrogens (tertiary/aromatic N) is 1.